The zero-order valence-corrected chi connectivity index (χ0v) is 10.5. The molecule has 88 valence electrons. The van der Waals surface area contributed by atoms with E-state index in [2.05, 4.69) is 37.4 Å². The summed E-state index contributed by atoms with van der Waals surface area (Å²) in [5.41, 5.74) is 10.3. The van der Waals surface area contributed by atoms with Gasteiger partial charge in [0.2, 0.25) is 0 Å². The first-order valence-corrected chi connectivity index (χ1v) is 6.10. The van der Waals surface area contributed by atoms with Crippen LogP contribution in [0.2, 0.25) is 0 Å². The number of likely N-dealkylation sites (N-methyl/N-ethyl adjacent to an activating group) is 1. The van der Waals surface area contributed by atoms with Crippen LogP contribution in [-0.2, 0) is 12.8 Å². The van der Waals surface area contributed by atoms with Gasteiger partial charge in [-0.2, -0.15) is 0 Å². The molecule has 1 unspecified atom stereocenters. The first kappa shape index (κ1) is 11.6. The van der Waals surface area contributed by atoms with Crippen molar-refractivity contribution >= 4 is 0 Å². The summed E-state index contributed by atoms with van der Waals surface area (Å²) >= 11 is 0. The van der Waals surface area contributed by atoms with Crippen LogP contribution >= 0.6 is 0 Å². The summed E-state index contributed by atoms with van der Waals surface area (Å²) < 4.78 is 0. The fourth-order valence-electron chi connectivity index (χ4n) is 2.74. The molecule has 0 aromatic heterocycles. The van der Waals surface area contributed by atoms with E-state index in [4.69, 9.17) is 5.73 Å². The lowest BCUT2D eigenvalue weighted by Gasteiger charge is -2.31. The van der Waals surface area contributed by atoms with Crippen LogP contribution in [0.3, 0.4) is 0 Å². The molecule has 2 nitrogen and oxygen atoms in total. The highest BCUT2D eigenvalue weighted by molar-refractivity contribution is 5.37. The summed E-state index contributed by atoms with van der Waals surface area (Å²) in [6.07, 6.45) is 3.77. The zero-order chi connectivity index (χ0) is 11.8. The van der Waals surface area contributed by atoms with Gasteiger partial charge in [-0.15, -0.1) is 0 Å². The third-order valence-corrected chi connectivity index (χ3v) is 3.49. The molecule has 0 heterocycles. The number of fused-ring (bicyclic) bond motifs is 1. The fraction of sp³-hybridized carbons (Fsp3) is 0.571. The van der Waals surface area contributed by atoms with Gasteiger partial charge in [-0.25, -0.2) is 0 Å². The van der Waals surface area contributed by atoms with E-state index in [1.54, 1.807) is 0 Å². The van der Waals surface area contributed by atoms with Crippen LogP contribution in [0.1, 0.15) is 43.0 Å². The maximum absolute atomic E-state index is 6.20. The highest BCUT2D eigenvalue weighted by Gasteiger charge is 2.26. The summed E-state index contributed by atoms with van der Waals surface area (Å²) in [6.45, 7) is 4.14. The normalized spacial score (nSPS) is 17.2. The lowest BCUT2D eigenvalue weighted by Crippen LogP contribution is -2.45. The van der Waals surface area contributed by atoms with Gasteiger partial charge in [-0.3, -0.25) is 0 Å². The van der Waals surface area contributed by atoms with Gasteiger partial charge >= 0.3 is 0 Å². The number of hydrogen-bond acceptors (Lipinski definition) is 2. The fourth-order valence-corrected chi connectivity index (χ4v) is 2.74. The summed E-state index contributed by atoms with van der Waals surface area (Å²) in [7, 11) is 1.98. The van der Waals surface area contributed by atoms with Crippen molar-refractivity contribution in [1.29, 1.82) is 0 Å². The monoisotopic (exact) mass is 218 g/mol. The number of aryl methyl sites for hydroxylation is 2. The molecule has 3 N–H and O–H groups in total. The van der Waals surface area contributed by atoms with Crippen molar-refractivity contribution in [2.75, 3.05) is 7.05 Å². The van der Waals surface area contributed by atoms with Gasteiger partial charge in [0.1, 0.15) is 0 Å². The Morgan fingerprint density at radius 2 is 1.94 bits per heavy atom. The Morgan fingerprint density at radius 3 is 2.56 bits per heavy atom. The SMILES string of the molecule is CNC(c1ccc2c(c1)CCC2)C(C)(C)N. The Balaban J connectivity index is 2.33. The quantitative estimate of drug-likeness (QED) is 0.816. The number of hydrogen-bond donors (Lipinski definition) is 2. The lowest BCUT2D eigenvalue weighted by molar-refractivity contribution is 0.370. The molecule has 0 bridgehead atoms. The van der Waals surface area contributed by atoms with E-state index >= 15 is 0 Å². The van der Waals surface area contributed by atoms with E-state index in [-0.39, 0.29) is 11.6 Å². The van der Waals surface area contributed by atoms with Gasteiger partial charge in [-0.05, 0) is 56.8 Å². The highest BCUT2D eigenvalue weighted by Crippen LogP contribution is 2.28. The van der Waals surface area contributed by atoms with Gasteiger partial charge in [0.05, 0.1) is 0 Å². The van der Waals surface area contributed by atoms with Crippen molar-refractivity contribution < 1.29 is 0 Å². The van der Waals surface area contributed by atoms with Crippen LogP contribution in [-0.4, -0.2) is 12.6 Å². The summed E-state index contributed by atoms with van der Waals surface area (Å²) in [5, 5.41) is 3.32. The van der Waals surface area contributed by atoms with Crippen molar-refractivity contribution in [1.82, 2.24) is 5.32 Å². The standard InChI is InChI=1S/C14H22N2/c1-14(2,15)13(16-3)12-8-7-10-5-4-6-11(10)9-12/h7-9,13,16H,4-6,15H2,1-3H3. The zero-order valence-electron chi connectivity index (χ0n) is 10.5. The molecule has 0 fully saturated rings. The molecule has 0 radical (unpaired) electrons. The Bertz CT molecular complexity index is 377. The van der Waals surface area contributed by atoms with Crippen molar-refractivity contribution in [2.45, 2.75) is 44.7 Å². The molecule has 0 saturated carbocycles. The maximum Gasteiger partial charge on any atom is 0.0495 e. The molecule has 2 heteroatoms. The van der Waals surface area contributed by atoms with E-state index in [1.165, 1.54) is 36.0 Å². The van der Waals surface area contributed by atoms with Crippen molar-refractivity contribution in [3.05, 3.63) is 34.9 Å². The molecule has 1 aromatic rings. The minimum atomic E-state index is -0.235. The summed E-state index contributed by atoms with van der Waals surface area (Å²) in [6, 6.07) is 7.05. The molecule has 1 aliphatic carbocycles. The van der Waals surface area contributed by atoms with Gasteiger partial charge in [0.15, 0.2) is 0 Å². The maximum atomic E-state index is 6.20. The Labute approximate surface area is 98.2 Å². The third-order valence-electron chi connectivity index (χ3n) is 3.49. The van der Waals surface area contributed by atoms with Gasteiger partial charge in [-0.1, -0.05) is 18.2 Å². The van der Waals surface area contributed by atoms with Crippen LogP contribution in [0, 0.1) is 0 Å². The molecule has 1 aliphatic rings. The van der Waals surface area contributed by atoms with Crippen LogP contribution in [0.5, 0.6) is 0 Å². The van der Waals surface area contributed by atoms with E-state index in [0.29, 0.717) is 0 Å². The Kier molecular flexibility index (Phi) is 3.04. The Morgan fingerprint density at radius 1 is 1.25 bits per heavy atom. The average molecular weight is 218 g/mol. The number of nitrogens with one attached hydrogen (secondary N) is 1. The lowest BCUT2D eigenvalue weighted by atomic mass is 9.88. The highest BCUT2D eigenvalue weighted by atomic mass is 14.9. The number of rotatable bonds is 3. The van der Waals surface area contributed by atoms with Gasteiger partial charge in [0, 0.05) is 11.6 Å². The molecular weight excluding hydrogens is 196 g/mol. The predicted molar refractivity (Wildman–Crippen MR) is 68.5 cm³/mol. The van der Waals surface area contributed by atoms with Crippen molar-refractivity contribution in [3.8, 4) is 0 Å². The van der Waals surface area contributed by atoms with Crippen molar-refractivity contribution in [2.24, 2.45) is 5.73 Å². The molecular formula is C14H22N2. The first-order chi connectivity index (χ1) is 7.52. The van der Waals surface area contributed by atoms with Gasteiger partial charge in [0.25, 0.3) is 0 Å². The molecule has 0 spiro atoms. The molecule has 16 heavy (non-hydrogen) atoms. The number of benzene rings is 1. The van der Waals surface area contributed by atoms with Crippen LogP contribution in [0.25, 0.3) is 0 Å². The van der Waals surface area contributed by atoms with Crippen molar-refractivity contribution in [3.63, 3.8) is 0 Å². The minimum absolute atomic E-state index is 0.221. The number of nitrogens with two attached hydrogens (primary N) is 1. The second-order valence-electron chi connectivity index (χ2n) is 5.42. The largest absolute Gasteiger partial charge is 0.324 e. The first-order valence-electron chi connectivity index (χ1n) is 6.10. The topological polar surface area (TPSA) is 38.0 Å². The molecule has 0 saturated heterocycles. The Hall–Kier alpha value is -0.860. The van der Waals surface area contributed by atoms with E-state index in [1.807, 2.05) is 7.05 Å². The molecule has 0 amide bonds. The smallest absolute Gasteiger partial charge is 0.0495 e. The summed E-state index contributed by atoms with van der Waals surface area (Å²) in [5.74, 6) is 0. The molecule has 2 rings (SSSR count). The van der Waals surface area contributed by atoms with E-state index < -0.39 is 0 Å². The predicted octanol–water partition coefficient (Wildman–Crippen LogP) is 2.17. The minimum Gasteiger partial charge on any atom is -0.324 e. The molecule has 1 atom stereocenters. The van der Waals surface area contributed by atoms with E-state index in [9.17, 15) is 0 Å². The van der Waals surface area contributed by atoms with Crippen LogP contribution in [0.4, 0.5) is 0 Å². The molecule has 1 aromatic carbocycles. The third kappa shape index (κ3) is 2.13. The van der Waals surface area contributed by atoms with Crippen LogP contribution in [0.15, 0.2) is 18.2 Å². The van der Waals surface area contributed by atoms with Gasteiger partial charge < -0.3 is 11.1 Å². The second kappa shape index (κ2) is 4.19. The van der Waals surface area contributed by atoms with Crippen LogP contribution < -0.4 is 11.1 Å². The van der Waals surface area contributed by atoms with E-state index in [0.717, 1.165) is 0 Å². The second-order valence-corrected chi connectivity index (χ2v) is 5.42. The average Bonchev–Trinajstić information content (AvgIpc) is 2.63. The molecule has 0 aliphatic heterocycles. The summed E-state index contributed by atoms with van der Waals surface area (Å²) in [4.78, 5) is 0.